The molecular weight excluding hydrogens is 342 g/mol. The van der Waals surface area contributed by atoms with E-state index in [0.717, 1.165) is 23.8 Å². The third-order valence-corrected chi connectivity index (χ3v) is 5.00. The number of hydrogen-bond acceptors (Lipinski definition) is 4. The molecule has 0 bridgehead atoms. The molecular formula is C22H21NO4. The molecule has 138 valence electrons. The van der Waals surface area contributed by atoms with Crippen molar-refractivity contribution in [2.75, 3.05) is 13.1 Å². The molecule has 5 nitrogen and oxygen atoms in total. The van der Waals surface area contributed by atoms with Crippen LogP contribution < -0.4 is 0 Å². The van der Waals surface area contributed by atoms with Crippen LogP contribution in [0.15, 0.2) is 59.0 Å². The van der Waals surface area contributed by atoms with Gasteiger partial charge in [0.15, 0.2) is 0 Å². The Kier molecular flexibility index (Phi) is 4.67. The highest BCUT2D eigenvalue weighted by Gasteiger charge is 2.32. The summed E-state index contributed by atoms with van der Waals surface area (Å²) in [6, 6.07) is 16.6. The lowest BCUT2D eigenvalue weighted by atomic mass is 10.1. The van der Waals surface area contributed by atoms with Crippen LogP contribution in [-0.4, -0.2) is 29.9 Å². The third-order valence-electron chi connectivity index (χ3n) is 5.00. The number of furan rings is 1. The quantitative estimate of drug-likeness (QED) is 0.650. The minimum absolute atomic E-state index is 0.145. The van der Waals surface area contributed by atoms with Gasteiger partial charge in [-0.25, -0.2) is 4.79 Å². The van der Waals surface area contributed by atoms with Gasteiger partial charge in [-0.1, -0.05) is 48.5 Å². The summed E-state index contributed by atoms with van der Waals surface area (Å²) < 4.78 is 11.4. The van der Waals surface area contributed by atoms with E-state index in [1.807, 2.05) is 49.4 Å². The molecule has 1 aromatic heterocycles. The number of nitrogens with zero attached hydrogens (tertiary/aromatic N) is 1. The smallest absolute Gasteiger partial charge is 0.375 e. The van der Waals surface area contributed by atoms with Crippen molar-refractivity contribution in [1.29, 1.82) is 0 Å². The number of fused-ring (bicyclic) bond motifs is 1. The predicted octanol–water partition coefficient (Wildman–Crippen LogP) is 4.26. The number of rotatable bonds is 4. The van der Waals surface area contributed by atoms with Crippen LogP contribution in [0.25, 0.3) is 11.0 Å². The lowest BCUT2D eigenvalue weighted by Crippen LogP contribution is -2.34. The first-order chi connectivity index (χ1) is 13.1. The second-order valence-electron chi connectivity index (χ2n) is 6.78. The van der Waals surface area contributed by atoms with Crippen LogP contribution >= 0.6 is 0 Å². The van der Waals surface area contributed by atoms with Gasteiger partial charge >= 0.3 is 5.97 Å². The van der Waals surface area contributed by atoms with Gasteiger partial charge in [-0.15, -0.1) is 0 Å². The number of ether oxygens (including phenoxy) is 1. The van der Waals surface area contributed by atoms with Crippen molar-refractivity contribution in [2.24, 2.45) is 0 Å². The molecule has 5 heteroatoms. The molecule has 2 aromatic carbocycles. The Morgan fingerprint density at radius 3 is 2.37 bits per heavy atom. The van der Waals surface area contributed by atoms with Crippen molar-refractivity contribution in [2.45, 2.75) is 25.9 Å². The Balaban J connectivity index is 1.65. The Labute approximate surface area is 157 Å². The van der Waals surface area contributed by atoms with Crippen LogP contribution in [-0.2, 0) is 9.53 Å². The number of likely N-dealkylation sites (tertiary alicyclic amines) is 1. The SMILES string of the molecule is Cc1c(C(=O)O[C@H](C(=O)N2CCCC2)c2ccccc2)oc2ccccc12. The van der Waals surface area contributed by atoms with Gasteiger partial charge in [0, 0.05) is 29.6 Å². The van der Waals surface area contributed by atoms with Crippen molar-refractivity contribution in [1.82, 2.24) is 4.90 Å². The fourth-order valence-corrected chi connectivity index (χ4v) is 3.52. The fraction of sp³-hybridized carbons (Fsp3) is 0.273. The highest BCUT2D eigenvalue weighted by atomic mass is 16.6. The van der Waals surface area contributed by atoms with Crippen molar-refractivity contribution in [3.05, 3.63) is 71.5 Å². The van der Waals surface area contributed by atoms with Gasteiger partial charge in [0.2, 0.25) is 11.9 Å². The van der Waals surface area contributed by atoms with Crippen molar-refractivity contribution in [3.8, 4) is 0 Å². The largest absolute Gasteiger partial charge is 0.449 e. The van der Waals surface area contributed by atoms with E-state index in [1.165, 1.54) is 0 Å². The molecule has 0 aliphatic carbocycles. The molecule has 2 heterocycles. The normalized spacial score (nSPS) is 15.1. The maximum atomic E-state index is 13.0. The van der Waals surface area contributed by atoms with Crippen LogP contribution in [0.4, 0.5) is 0 Å². The summed E-state index contributed by atoms with van der Waals surface area (Å²) in [6.07, 6.45) is 0.984. The van der Waals surface area contributed by atoms with E-state index < -0.39 is 12.1 Å². The average molecular weight is 363 g/mol. The van der Waals surface area contributed by atoms with Crippen LogP contribution in [0.5, 0.6) is 0 Å². The summed E-state index contributed by atoms with van der Waals surface area (Å²) in [6.45, 7) is 3.22. The number of amides is 1. The van der Waals surface area contributed by atoms with Crippen LogP contribution in [0, 0.1) is 6.92 Å². The molecule has 0 radical (unpaired) electrons. The van der Waals surface area contributed by atoms with E-state index in [1.54, 1.807) is 17.0 Å². The molecule has 0 spiro atoms. The zero-order chi connectivity index (χ0) is 18.8. The number of carbonyl (C=O) groups is 2. The lowest BCUT2D eigenvalue weighted by molar-refractivity contribution is -0.140. The van der Waals surface area contributed by atoms with Crippen molar-refractivity contribution < 1.29 is 18.7 Å². The molecule has 1 amide bonds. The Morgan fingerprint density at radius 1 is 1.00 bits per heavy atom. The topological polar surface area (TPSA) is 59.8 Å². The molecule has 27 heavy (non-hydrogen) atoms. The predicted molar refractivity (Wildman–Crippen MR) is 101 cm³/mol. The first-order valence-corrected chi connectivity index (χ1v) is 9.18. The number of esters is 1. The van der Waals surface area contributed by atoms with Gasteiger partial charge in [0.25, 0.3) is 5.91 Å². The minimum Gasteiger partial charge on any atom is -0.449 e. The number of carbonyl (C=O) groups excluding carboxylic acids is 2. The van der Waals surface area contributed by atoms with Gasteiger partial charge in [-0.05, 0) is 25.8 Å². The molecule has 0 saturated carbocycles. The summed E-state index contributed by atoms with van der Waals surface area (Å²) >= 11 is 0. The number of hydrogen-bond donors (Lipinski definition) is 0. The number of para-hydroxylation sites is 1. The van der Waals surface area contributed by atoms with E-state index in [2.05, 4.69) is 0 Å². The van der Waals surface area contributed by atoms with Crippen LogP contribution in [0.2, 0.25) is 0 Å². The molecule has 3 aromatic rings. The summed E-state index contributed by atoms with van der Waals surface area (Å²) in [5.74, 6) is -0.655. The standard InChI is InChI=1S/C22H21NO4/c1-15-17-11-5-6-12-18(17)26-19(15)22(25)27-20(16-9-3-2-4-10-16)21(24)23-13-7-8-14-23/h2-6,9-12,20H,7-8,13-14H2,1H3/t20-/m0/s1. The second-order valence-corrected chi connectivity index (χ2v) is 6.78. The van der Waals surface area contributed by atoms with Gasteiger partial charge in [-0.3, -0.25) is 4.79 Å². The molecule has 1 saturated heterocycles. The van der Waals surface area contributed by atoms with E-state index >= 15 is 0 Å². The highest BCUT2D eigenvalue weighted by Crippen LogP contribution is 2.29. The van der Waals surface area contributed by atoms with Gasteiger partial charge in [0.05, 0.1) is 0 Å². The van der Waals surface area contributed by atoms with Gasteiger partial charge in [0.1, 0.15) is 5.58 Å². The van der Waals surface area contributed by atoms with E-state index in [0.29, 0.717) is 24.2 Å². The minimum atomic E-state index is -0.968. The third kappa shape index (κ3) is 3.33. The molecule has 1 aliphatic rings. The Hall–Kier alpha value is -3.08. The van der Waals surface area contributed by atoms with E-state index in [4.69, 9.17) is 9.15 Å². The number of benzene rings is 2. The molecule has 0 unspecified atom stereocenters. The second kappa shape index (κ2) is 7.27. The number of aryl methyl sites for hydroxylation is 1. The Bertz CT molecular complexity index is 970. The summed E-state index contributed by atoms with van der Waals surface area (Å²) in [5, 5.41) is 0.867. The summed E-state index contributed by atoms with van der Waals surface area (Å²) in [4.78, 5) is 27.6. The fourth-order valence-electron chi connectivity index (χ4n) is 3.52. The Morgan fingerprint density at radius 2 is 1.67 bits per heavy atom. The first-order valence-electron chi connectivity index (χ1n) is 9.18. The van der Waals surface area contributed by atoms with Crippen LogP contribution in [0.1, 0.15) is 40.6 Å². The van der Waals surface area contributed by atoms with Crippen molar-refractivity contribution in [3.63, 3.8) is 0 Å². The van der Waals surface area contributed by atoms with Crippen molar-refractivity contribution >= 4 is 22.8 Å². The first kappa shape index (κ1) is 17.3. The summed E-state index contributed by atoms with van der Waals surface area (Å²) in [5.41, 5.74) is 2.01. The molecule has 0 N–H and O–H groups in total. The zero-order valence-corrected chi connectivity index (χ0v) is 15.2. The zero-order valence-electron chi connectivity index (χ0n) is 15.2. The molecule has 1 aliphatic heterocycles. The van der Waals surface area contributed by atoms with Gasteiger partial charge < -0.3 is 14.1 Å². The summed E-state index contributed by atoms with van der Waals surface area (Å²) in [7, 11) is 0. The molecule has 1 atom stereocenters. The maximum absolute atomic E-state index is 13.0. The van der Waals surface area contributed by atoms with E-state index in [9.17, 15) is 9.59 Å². The molecule has 4 rings (SSSR count). The van der Waals surface area contributed by atoms with E-state index in [-0.39, 0.29) is 11.7 Å². The van der Waals surface area contributed by atoms with Gasteiger partial charge in [-0.2, -0.15) is 0 Å². The maximum Gasteiger partial charge on any atom is 0.375 e. The molecule has 1 fully saturated rings. The van der Waals surface area contributed by atoms with Crippen LogP contribution in [0.3, 0.4) is 0 Å². The monoisotopic (exact) mass is 363 g/mol. The average Bonchev–Trinajstić information content (AvgIpc) is 3.35. The lowest BCUT2D eigenvalue weighted by Gasteiger charge is -2.23. The highest BCUT2D eigenvalue weighted by molar-refractivity contribution is 5.97.